The molecule has 5 heteroatoms. The summed E-state index contributed by atoms with van der Waals surface area (Å²) >= 11 is 1.85. The Morgan fingerprint density at radius 1 is 1.11 bits per heavy atom. The predicted octanol–water partition coefficient (Wildman–Crippen LogP) is 4.74. The molecule has 0 spiro atoms. The summed E-state index contributed by atoms with van der Waals surface area (Å²) in [7, 11) is 0. The smallest absolute Gasteiger partial charge is 0.242 e. The number of aliphatic imine (C=N–C) groups is 1. The normalized spacial score (nSPS) is 27.1. The average molecular weight is 380 g/mol. The molecular weight excluding hydrogens is 354 g/mol. The number of fused-ring (bicyclic) bond motifs is 3. The van der Waals surface area contributed by atoms with E-state index in [9.17, 15) is 4.79 Å². The first kappa shape index (κ1) is 17.1. The molecule has 3 heterocycles. The van der Waals surface area contributed by atoms with Crippen molar-refractivity contribution >= 4 is 29.2 Å². The molecule has 1 amide bonds. The van der Waals surface area contributed by atoms with Gasteiger partial charge in [-0.05, 0) is 68.1 Å². The van der Waals surface area contributed by atoms with Gasteiger partial charge in [-0.2, -0.15) is 0 Å². The van der Waals surface area contributed by atoms with Gasteiger partial charge < -0.3 is 4.90 Å². The van der Waals surface area contributed by atoms with Gasteiger partial charge >= 0.3 is 0 Å². The van der Waals surface area contributed by atoms with Gasteiger partial charge in [0.1, 0.15) is 11.2 Å². The zero-order valence-corrected chi connectivity index (χ0v) is 17.0. The second-order valence-electron chi connectivity index (χ2n) is 7.99. The molecule has 4 nitrogen and oxygen atoms in total. The number of hydrogen-bond donors (Lipinski definition) is 0. The zero-order valence-electron chi connectivity index (χ0n) is 16.2. The van der Waals surface area contributed by atoms with E-state index in [-0.39, 0.29) is 17.2 Å². The molecule has 2 atom stereocenters. The summed E-state index contributed by atoms with van der Waals surface area (Å²) in [5, 5.41) is 0.0541. The van der Waals surface area contributed by atoms with Crippen LogP contribution in [0.5, 0.6) is 0 Å². The van der Waals surface area contributed by atoms with Crippen molar-refractivity contribution in [1.29, 1.82) is 0 Å². The lowest BCUT2D eigenvalue weighted by Gasteiger charge is -2.40. The summed E-state index contributed by atoms with van der Waals surface area (Å²) in [6.45, 7) is 7.05. The molecule has 0 saturated carbocycles. The molecular formula is C22H25N3OS. The van der Waals surface area contributed by atoms with Gasteiger partial charge in [0.25, 0.3) is 0 Å². The number of benzene rings is 1. The summed E-state index contributed by atoms with van der Waals surface area (Å²) in [5.41, 5.74) is 6.22. The molecule has 1 aliphatic carbocycles. The van der Waals surface area contributed by atoms with Crippen molar-refractivity contribution in [1.82, 2.24) is 4.90 Å². The number of anilines is 1. The first-order valence-corrected chi connectivity index (χ1v) is 10.7. The van der Waals surface area contributed by atoms with Crippen LogP contribution in [0.4, 0.5) is 5.69 Å². The molecule has 0 radical (unpaired) electrons. The first-order chi connectivity index (χ1) is 13.0. The van der Waals surface area contributed by atoms with E-state index in [0.717, 1.165) is 24.4 Å². The number of hydrogen-bond acceptors (Lipinski definition) is 4. The highest BCUT2D eigenvalue weighted by molar-refractivity contribution is 8.04. The molecule has 0 N–H and O–H groups in total. The molecule has 140 valence electrons. The van der Waals surface area contributed by atoms with Crippen LogP contribution in [0.25, 0.3) is 0 Å². The number of nitrogens with zero attached hydrogens (tertiary/aromatic N) is 3. The highest BCUT2D eigenvalue weighted by Gasteiger charge is 2.47. The largest absolute Gasteiger partial charge is 0.336 e. The van der Waals surface area contributed by atoms with E-state index < -0.39 is 0 Å². The summed E-state index contributed by atoms with van der Waals surface area (Å²) in [6.07, 6.45) is 6.67. The number of para-hydroxylation sites is 1. The SMILES string of the molecule is CC1=CN2C(=O)C3C4=C(CCCC4)SC3N=C2CN1c1c(C)cccc1C. The lowest BCUT2D eigenvalue weighted by Crippen LogP contribution is -2.52. The maximum absolute atomic E-state index is 13.4. The molecule has 0 aromatic heterocycles. The molecule has 27 heavy (non-hydrogen) atoms. The summed E-state index contributed by atoms with van der Waals surface area (Å²) in [6, 6.07) is 6.40. The fourth-order valence-electron chi connectivity index (χ4n) is 4.87. The van der Waals surface area contributed by atoms with E-state index in [0.29, 0.717) is 6.54 Å². The second kappa shape index (κ2) is 6.26. The summed E-state index contributed by atoms with van der Waals surface area (Å²) in [4.78, 5) is 24.0. The van der Waals surface area contributed by atoms with E-state index in [1.54, 1.807) is 0 Å². The Labute approximate surface area is 165 Å². The number of rotatable bonds is 1. The topological polar surface area (TPSA) is 35.9 Å². The molecule has 0 bridgehead atoms. The van der Waals surface area contributed by atoms with Crippen molar-refractivity contribution in [3.05, 3.63) is 51.7 Å². The van der Waals surface area contributed by atoms with Gasteiger partial charge in [-0.1, -0.05) is 18.2 Å². The minimum atomic E-state index is -0.0372. The fraction of sp³-hybridized carbons (Fsp3) is 0.455. The molecule has 3 aliphatic heterocycles. The van der Waals surface area contributed by atoms with Crippen molar-refractivity contribution in [2.75, 3.05) is 11.4 Å². The van der Waals surface area contributed by atoms with Gasteiger partial charge in [-0.25, -0.2) is 0 Å². The molecule has 0 saturated heterocycles. The highest BCUT2D eigenvalue weighted by atomic mass is 32.2. The maximum Gasteiger partial charge on any atom is 0.242 e. The third kappa shape index (κ3) is 2.59. The van der Waals surface area contributed by atoms with Crippen LogP contribution in [-0.4, -0.2) is 28.6 Å². The molecule has 1 aromatic carbocycles. The average Bonchev–Trinajstić information content (AvgIpc) is 3.01. The van der Waals surface area contributed by atoms with Crippen LogP contribution >= 0.6 is 11.8 Å². The van der Waals surface area contributed by atoms with Crippen LogP contribution in [0.3, 0.4) is 0 Å². The fourth-order valence-corrected chi connectivity index (χ4v) is 6.40. The van der Waals surface area contributed by atoms with Crippen molar-refractivity contribution in [2.24, 2.45) is 10.9 Å². The van der Waals surface area contributed by atoms with Gasteiger partial charge in [-0.15, -0.1) is 11.8 Å². The third-order valence-electron chi connectivity index (χ3n) is 6.19. The van der Waals surface area contributed by atoms with E-state index >= 15 is 0 Å². The lowest BCUT2D eigenvalue weighted by atomic mass is 9.87. The van der Waals surface area contributed by atoms with Crippen LogP contribution in [0, 0.1) is 19.8 Å². The number of thioether (sulfide) groups is 1. The van der Waals surface area contributed by atoms with Crippen LogP contribution in [-0.2, 0) is 4.79 Å². The number of aryl methyl sites for hydroxylation is 2. The summed E-state index contributed by atoms with van der Waals surface area (Å²) < 4.78 is 0. The highest BCUT2D eigenvalue weighted by Crippen LogP contribution is 2.51. The maximum atomic E-state index is 13.4. The van der Waals surface area contributed by atoms with Crippen molar-refractivity contribution < 1.29 is 4.79 Å². The van der Waals surface area contributed by atoms with E-state index in [1.165, 1.54) is 40.1 Å². The Kier molecular flexibility index (Phi) is 3.97. The zero-order chi connectivity index (χ0) is 18.7. The molecule has 0 fully saturated rings. The molecule has 5 rings (SSSR count). The Hall–Kier alpha value is -2.01. The van der Waals surface area contributed by atoms with Gasteiger partial charge in [0.05, 0.1) is 12.5 Å². The van der Waals surface area contributed by atoms with Crippen molar-refractivity contribution in [3.63, 3.8) is 0 Å². The Bertz CT molecular complexity index is 909. The van der Waals surface area contributed by atoms with Gasteiger partial charge in [0.15, 0.2) is 0 Å². The van der Waals surface area contributed by atoms with Gasteiger partial charge in [-0.3, -0.25) is 14.7 Å². The lowest BCUT2D eigenvalue weighted by molar-refractivity contribution is -0.129. The number of allylic oxidation sites excluding steroid dienone is 2. The van der Waals surface area contributed by atoms with E-state index in [2.05, 4.69) is 43.9 Å². The first-order valence-electron chi connectivity index (χ1n) is 9.85. The molecule has 1 aromatic rings. The minimum Gasteiger partial charge on any atom is -0.336 e. The second-order valence-corrected chi connectivity index (χ2v) is 9.20. The number of amides is 1. The van der Waals surface area contributed by atoms with Crippen molar-refractivity contribution in [2.45, 2.75) is 51.8 Å². The monoisotopic (exact) mass is 379 g/mol. The van der Waals surface area contributed by atoms with Crippen LogP contribution in [0.1, 0.15) is 43.7 Å². The van der Waals surface area contributed by atoms with Crippen molar-refractivity contribution in [3.8, 4) is 0 Å². The Morgan fingerprint density at radius 2 is 1.85 bits per heavy atom. The number of carbonyl (C=O) groups is 1. The number of carbonyl (C=O) groups excluding carboxylic acids is 1. The van der Waals surface area contributed by atoms with Crippen LogP contribution in [0.2, 0.25) is 0 Å². The number of amidine groups is 1. The minimum absolute atomic E-state index is 0.0372. The quantitative estimate of drug-likeness (QED) is 0.707. The third-order valence-corrected chi connectivity index (χ3v) is 7.56. The van der Waals surface area contributed by atoms with E-state index in [4.69, 9.17) is 4.99 Å². The van der Waals surface area contributed by atoms with Crippen LogP contribution < -0.4 is 4.90 Å². The van der Waals surface area contributed by atoms with Crippen LogP contribution in [0.15, 0.2) is 45.6 Å². The standard InChI is InChI=1S/C22H25N3OS/c1-13-7-6-8-14(2)20(13)24-12-18-23-21-19(22(26)25(18)11-15(24)3)16-9-4-5-10-17(16)27-21/h6-8,11,19,21H,4-5,9-10,12H2,1-3H3. The Morgan fingerprint density at radius 3 is 2.63 bits per heavy atom. The van der Waals surface area contributed by atoms with Gasteiger partial charge in [0.2, 0.25) is 5.91 Å². The Balaban J connectivity index is 1.53. The predicted molar refractivity (Wildman–Crippen MR) is 112 cm³/mol. The van der Waals surface area contributed by atoms with E-state index in [1.807, 2.05) is 22.9 Å². The molecule has 4 aliphatic rings. The van der Waals surface area contributed by atoms with Gasteiger partial charge in [0, 0.05) is 17.6 Å². The molecule has 2 unspecified atom stereocenters. The summed E-state index contributed by atoms with van der Waals surface area (Å²) in [5.74, 6) is 1.08.